The van der Waals surface area contributed by atoms with Gasteiger partial charge in [-0.2, -0.15) is 0 Å². The molecule has 0 aromatic carbocycles. The van der Waals surface area contributed by atoms with Crippen LogP contribution in [0, 0.1) is 28.6 Å². The van der Waals surface area contributed by atoms with E-state index in [1.54, 1.807) is 0 Å². The van der Waals surface area contributed by atoms with E-state index in [1.807, 2.05) is 0 Å². The van der Waals surface area contributed by atoms with Crippen LogP contribution in [0.25, 0.3) is 0 Å². The van der Waals surface area contributed by atoms with Gasteiger partial charge in [-0.05, 0) is 43.4 Å². The number of carbonyl (C=O) groups is 1. The SMILES string of the molecule is CC(=O)O[C@H]1CC[C@@]2(C)C(=CC[C@@H]3[C@@H]2CC[C@]2(C)[C@@H]4C5COC4O[C@@]32O5)C1. The normalized spacial score (nSPS) is 57.5. The minimum Gasteiger partial charge on any atom is -0.462 e. The summed E-state index contributed by atoms with van der Waals surface area (Å²) < 4.78 is 24.7. The number of hydrogen-bond acceptors (Lipinski definition) is 5. The van der Waals surface area contributed by atoms with E-state index in [0.717, 1.165) is 32.1 Å². The molecule has 3 aliphatic heterocycles. The number of hydrogen-bond donors (Lipinski definition) is 0. The molecule has 0 radical (unpaired) electrons. The lowest BCUT2D eigenvalue weighted by molar-refractivity contribution is -0.331. The summed E-state index contributed by atoms with van der Waals surface area (Å²) in [6.07, 6.45) is 8.95. The van der Waals surface area contributed by atoms with Crippen LogP contribution in [0.3, 0.4) is 0 Å². The molecule has 5 heteroatoms. The van der Waals surface area contributed by atoms with Crippen molar-refractivity contribution in [3.8, 4) is 0 Å². The van der Waals surface area contributed by atoms with E-state index < -0.39 is 5.79 Å². The van der Waals surface area contributed by atoms with Crippen LogP contribution >= 0.6 is 0 Å². The fourth-order valence-electron chi connectivity index (χ4n) is 7.91. The second kappa shape index (κ2) is 5.17. The summed E-state index contributed by atoms with van der Waals surface area (Å²) in [6, 6.07) is 0. The summed E-state index contributed by atoms with van der Waals surface area (Å²) >= 11 is 0. The molecule has 6 rings (SSSR count). The number of allylic oxidation sites excluding steroid dienone is 1. The summed E-state index contributed by atoms with van der Waals surface area (Å²) in [6.45, 7) is 7.03. The molecule has 5 fully saturated rings. The molecule has 5 nitrogen and oxygen atoms in total. The van der Waals surface area contributed by atoms with Gasteiger partial charge in [-0.1, -0.05) is 25.5 Å². The van der Waals surface area contributed by atoms with Crippen molar-refractivity contribution in [1.29, 1.82) is 0 Å². The smallest absolute Gasteiger partial charge is 0.302 e. The van der Waals surface area contributed by atoms with Crippen LogP contribution in [-0.4, -0.2) is 36.9 Å². The first kappa shape index (κ1) is 17.0. The van der Waals surface area contributed by atoms with Crippen molar-refractivity contribution >= 4 is 5.97 Å². The molecule has 3 aliphatic carbocycles. The van der Waals surface area contributed by atoms with Crippen molar-refractivity contribution in [3.05, 3.63) is 11.6 Å². The molecule has 2 unspecified atom stereocenters. The fourth-order valence-corrected chi connectivity index (χ4v) is 7.91. The number of rotatable bonds is 1. The maximum absolute atomic E-state index is 11.4. The van der Waals surface area contributed by atoms with Gasteiger partial charge in [0.25, 0.3) is 0 Å². The molecule has 9 atom stereocenters. The van der Waals surface area contributed by atoms with Crippen molar-refractivity contribution in [2.45, 2.75) is 83.6 Å². The highest BCUT2D eigenvalue weighted by molar-refractivity contribution is 5.66. The first-order chi connectivity index (χ1) is 12.9. The Labute approximate surface area is 160 Å². The maximum atomic E-state index is 11.4. The molecule has 2 bridgehead atoms. The fraction of sp³-hybridized carbons (Fsp3) is 0.864. The van der Waals surface area contributed by atoms with Crippen molar-refractivity contribution < 1.29 is 23.7 Å². The Morgan fingerprint density at radius 2 is 2.04 bits per heavy atom. The average Bonchev–Trinajstić information content (AvgIpc) is 3.14. The highest BCUT2D eigenvalue weighted by Gasteiger charge is 2.79. The zero-order chi connectivity index (χ0) is 18.6. The van der Waals surface area contributed by atoms with E-state index in [2.05, 4.69) is 19.9 Å². The highest BCUT2D eigenvalue weighted by atomic mass is 16.8. The second-order valence-electron chi connectivity index (χ2n) is 10.2. The Bertz CT molecular complexity index is 716. The molecule has 148 valence electrons. The zero-order valence-electron chi connectivity index (χ0n) is 16.5. The number of ether oxygens (including phenoxy) is 4. The molecule has 0 aromatic rings. The molecule has 0 amide bonds. The van der Waals surface area contributed by atoms with Crippen LogP contribution in [0.4, 0.5) is 0 Å². The number of fused-ring (bicyclic) bond motifs is 3. The molecule has 0 aromatic heterocycles. The first-order valence-electron chi connectivity index (χ1n) is 10.7. The van der Waals surface area contributed by atoms with Crippen LogP contribution in [-0.2, 0) is 23.7 Å². The summed E-state index contributed by atoms with van der Waals surface area (Å²) in [5.74, 6) is 0.737. The molecule has 0 N–H and O–H groups in total. The molecule has 0 spiro atoms. The van der Waals surface area contributed by atoms with Gasteiger partial charge in [0.15, 0.2) is 12.1 Å². The van der Waals surface area contributed by atoms with E-state index in [4.69, 9.17) is 18.9 Å². The lowest BCUT2D eigenvalue weighted by Crippen LogP contribution is -2.59. The van der Waals surface area contributed by atoms with Crippen molar-refractivity contribution in [1.82, 2.24) is 0 Å². The molecule has 6 aliphatic rings. The van der Waals surface area contributed by atoms with Gasteiger partial charge < -0.3 is 18.9 Å². The van der Waals surface area contributed by atoms with Gasteiger partial charge in [-0.3, -0.25) is 4.79 Å². The van der Waals surface area contributed by atoms with Gasteiger partial charge in [-0.15, -0.1) is 0 Å². The second-order valence-corrected chi connectivity index (χ2v) is 10.2. The van der Waals surface area contributed by atoms with Gasteiger partial charge in [0.1, 0.15) is 6.10 Å². The Kier molecular flexibility index (Phi) is 3.25. The summed E-state index contributed by atoms with van der Waals surface area (Å²) in [5, 5.41) is 0. The Balaban J connectivity index is 1.35. The van der Waals surface area contributed by atoms with Crippen molar-refractivity contribution in [2.75, 3.05) is 6.61 Å². The summed E-state index contributed by atoms with van der Waals surface area (Å²) in [7, 11) is 0. The van der Waals surface area contributed by atoms with Gasteiger partial charge in [0.2, 0.25) is 0 Å². The summed E-state index contributed by atoms with van der Waals surface area (Å²) in [4.78, 5) is 11.4. The van der Waals surface area contributed by atoms with Gasteiger partial charge >= 0.3 is 5.97 Å². The minimum atomic E-state index is -0.468. The molecule has 27 heavy (non-hydrogen) atoms. The van der Waals surface area contributed by atoms with Gasteiger partial charge in [-0.25, -0.2) is 0 Å². The third-order valence-corrected chi connectivity index (χ3v) is 9.15. The monoisotopic (exact) mass is 374 g/mol. The molecule has 3 heterocycles. The Morgan fingerprint density at radius 3 is 2.81 bits per heavy atom. The van der Waals surface area contributed by atoms with Gasteiger partial charge in [0, 0.05) is 30.6 Å². The van der Waals surface area contributed by atoms with Crippen LogP contribution in [0.5, 0.6) is 0 Å². The predicted octanol–water partition coefficient (Wildman–Crippen LogP) is 3.57. The van der Waals surface area contributed by atoms with Crippen molar-refractivity contribution in [3.63, 3.8) is 0 Å². The zero-order valence-corrected chi connectivity index (χ0v) is 16.5. The lowest BCUT2D eigenvalue weighted by atomic mass is 9.48. The van der Waals surface area contributed by atoms with E-state index in [-0.39, 0.29) is 35.3 Å². The standard InChI is InChI=1S/C22H30O5/c1-12(23)25-14-6-8-20(2)13(10-14)4-5-16-15(20)7-9-21(3)18-17-11-24-19(18)27-22(16,21)26-17/h4,14-19H,5-11H2,1-3H3/t14-,15-,16+,17?,18+,19?,20-,21+,22-/m0/s1. The van der Waals surface area contributed by atoms with E-state index in [9.17, 15) is 4.79 Å². The van der Waals surface area contributed by atoms with Crippen LogP contribution in [0.15, 0.2) is 11.6 Å². The number of esters is 1. The first-order valence-corrected chi connectivity index (χ1v) is 10.7. The van der Waals surface area contributed by atoms with Crippen LogP contribution in [0.2, 0.25) is 0 Å². The third kappa shape index (κ3) is 1.89. The predicted molar refractivity (Wildman–Crippen MR) is 96.5 cm³/mol. The van der Waals surface area contributed by atoms with E-state index in [0.29, 0.717) is 24.4 Å². The van der Waals surface area contributed by atoms with E-state index >= 15 is 0 Å². The van der Waals surface area contributed by atoms with Crippen molar-refractivity contribution in [2.24, 2.45) is 28.6 Å². The maximum Gasteiger partial charge on any atom is 0.302 e. The van der Waals surface area contributed by atoms with Crippen LogP contribution in [0.1, 0.15) is 59.3 Å². The molecular weight excluding hydrogens is 344 g/mol. The van der Waals surface area contributed by atoms with E-state index in [1.165, 1.54) is 18.9 Å². The summed E-state index contributed by atoms with van der Waals surface area (Å²) in [5.41, 5.74) is 1.74. The Hall–Kier alpha value is -0.910. The third-order valence-electron chi connectivity index (χ3n) is 9.15. The van der Waals surface area contributed by atoms with Crippen LogP contribution < -0.4 is 0 Å². The quantitative estimate of drug-likeness (QED) is 0.519. The molecular formula is C22H30O5. The van der Waals surface area contributed by atoms with Gasteiger partial charge in [0.05, 0.1) is 12.7 Å². The minimum absolute atomic E-state index is 0.0458. The average molecular weight is 374 g/mol. The topological polar surface area (TPSA) is 54.0 Å². The molecule has 2 saturated carbocycles. The Morgan fingerprint density at radius 1 is 1.19 bits per heavy atom. The largest absolute Gasteiger partial charge is 0.462 e. The highest BCUT2D eigenvalue weighted by Crippen LogP contribution is 2.73. The lowest BCUT2D eigenvalue weighted by Gasteiger charge is -2.59. The molecule has 3 saturated heterocycles. The number of carbonyl (C=O) groups excluding carboxylic acids is 1.